The van der Waals surface area contributed by atoms with Crippen LogP contribution in [0, 0.1) is 20.8 Å². The minimum absolute atomic E-state index is 0.0262. The zero-order valence-corrected chi connectivity index (χ0v) is 18.1. The van der Waals surface area contributed by atoms with Gasteiger partial charge in [0.05, 0.1) is 5.56 Å². The molecule has 1 aliphatic rings. The van der Waals surface area contributed by atoms with Crippen LogP contribution >= 0.6 is 11.3 Å². The number of likely N-dealkylation sites (tertiary alicyclic amines) is 1. The molecule has 1 amide bonds. The number of piperidine rings is 1. The highest BCUT2D eigenvalue weighted by Crippen LogP contribution is 2.23. The van der Waals surface area contributed by atoms with Crippen molar-refractivity contribution >= 4 is 17.2 Å². The molecule has 3 aromatic rings. The molecule has 0 aliphatic carbocycles. The van der Waals surface area contributed by atoms with E-state index in [2.05, 4.69) is 51.0 Å². The number of carbonyl (C=O) groups excluding carboxylic acids is 1. The first kappa shape index (κ1) is 19.9. The van der Waals surface area contributed by atoms with Crippen LogP contribution in [0.2, 0.25) is 0 Å². The smallest absolute Gasteiger partial charge is 0.253 e. The topological polar surface area (TPSA) is 50.2 Å². The summed E-state index contributed by atoms with van der Waals surface area (Å²) >= 11 is 1.58. The highest BCUT2D eigenvalue weighted by molar-refractivity contribution is 7.12. The second-order valence-corrected chi connectivity index (χ2v) is 8.76. The number of aromatic nitrogens is 2. The van der Waals surface area contributed by atoms with Crippen molar-refractivity contribution in [1.82, 2.24) is 19.8 Å². The zero-order valence-electron chi connectivity index (χ0n) is 17.3. The second kappa shape index (κ2) is 8.51. The van der Waals surface area contributed by atoms with Crippen LogP contribution in [0.3, 0.4) is 0 Å². The van der Waals surface area contributed by atoms with Crippen molar-refractivity contribution in [2.75, 3.05) is 13.1 Å². The second-order valence-electron chi connectivity index (χ2n) is 7.89. The lowest BCUT2D eigenvalue weighted by molar-refractivity contribution is 0.0908. The van der Waals surface area contributed by atoms with E-state index in [9.17, 15) is 4.79 Å². The van der Waals surface area contributed by atoms with E-state index in [4.69, 9.17) is 0 Å². The number of hydrogen-bond donors (Lipinski definition) is 1. The van der Waals surface area contributed by atoms with Crippen molar-refractivity contribution in [2.24, 2.45) is 0 Å². The summed E-state index contributed by atoms with van der Waals surface area (Å²) in [5, 5.41) is 6.12. The minimum Gasteiger partial charge on any atom is -0.349 e. The Hall–Kier alpha value is -2.44. The monoisotopic (exact) mass is 408 g/mol. The number of aryl methyl sites for hydroxylation is 2. The van der Waals surface area contributed by atoms with Crippen molar-refractivity contribution in [3.05, 3.63) is 70.0 Å². The van der Waals surface area contributed by atoms with E-state index in [0.29, 0.717) is 0 Å². The standard InChI is InChI=1S/C23H28N4OS/c1-16-6-4-5-7-19(16)15-26-11-8-20(9-12-26)25-22(28)21-14-17(2)27(18(21)3)23-24-10-13-29-23/h4-7,10,13-14,20H,8-9,11-12,15H2,1-3H3,(H,25,28). The van der Waals surface area contributed by atoms with Gasteiger partial charge in [0.25, 0.3) is 5.91 Å². The summed E-state index contributed by atoms with van der Waals surface area (Å²) in [6.07, 6.45) is 3.77. The van der Waals surface area contributed by atoms with Crippen LogP contribution in [-0.4, -0.2) is 39.5 Å². The number of carbonyl (C=O) groups is 1. The Morgan fingerprint density at radius 2 is 1.97 bits per heavy atom. The van der Waals surface area contributed by atoms with Gasteiger partial charge in [-0.3, -0.25) is 14.3 Å². The van der Waals surface area contributed by atoms with Gasteiger partial charge in [0.2, 0.25) is 0 Å². The molecule has 2 aromatic heterocycles. The number of thiazole rings is 1. The van der Waals surface area contributed by atoms with Gasteiger partial charge in [-0.25, -0.2) is 4.98 Å². The first-order valence-corrected chi connectivity index (χ1v) is 11.1. The summed E-state index contributed by atoms with van der Waals surface area (Å²) in [6, 6.07) is 10.8. The highest BCUT2D eigenvalue weighted by Gasteiger charge is 2.24. The van der Waals surface area contributed by atoms with E-state index in [0.717, 1.165) is 54.6 Å². The lowest BCUT2D eigenvalue weighted by Gasteiger charge is -2.32. The van der Waals surface area contributed by atoms with Gasteiger partial charge in [0.1, 0.15) is 0 Å². The van der Waals surface area contributed by atoms with E-state index in [1.165, 1.54) is 11.1 Å². The fraction of sp³-hybridized carbons (Fsp3) is 0.391. The van der Waals surface area contributed by atoms with Crippen molar-refractivity contribution < 1.29 is 4.79 Å². The molecule has 0 bridgehead atoms. The lowest BCUT2D eigenvalue weighted by atomic mass is 10.0. The molecule has 5 nitrogen and oxygen atoms in total. The Balaban J connectivity index is 1.36. The molecule has 1 saturated heterocycles. The SMILES string of the molecule is Cc1ccccc1CN1CCC(NC(=O)c2cc(C)n(-c3nccs3)c2C)CC1. The van der Waals surface area contributed by atoms with E-state index in [-0.39, 0.29) is 11.9 Å². The number of amides is 1. The van der Waals surface area contributed by atoms with Gasteiger partial charge in [-0.1, -0.05) is 24.3 Å². The van der Waals surface area contributed by atoms with Gasteiger partial charge in [0.15, 0.2) is 5.13 Å². The van der Waals surface area contributed by atoms with Gasteiger partial charge < -0.3 is 5.32 Å². The summed E-state index contributed by atoms with van der Waals surface area (Å²) in [7, 11) is 0. The number of hydrogen-bond acceptors (Lipinski definition) is 4. The third-order valence-corrected chi connectivity index (χ3v) is 6.62. The molecule has 1 N–H and O–H groups in total. The van der Waals surface area contributed by atoms with E-state index in [1.807, 2.05) is 25.3 Å². The molecular formula is C23H28N4OS. The van der Waals surface area contributed by atoms with E-state index >= 15 is 0 Å². The van der Waals surface area contributed by atoms with Crippen LogP contribution in [0.25, 0.3) is 5.13 Å². The summed E-state index contributed by atoms with van der Waals surface area (Å²) in [5.74, 6) is 0.0262. The summed E-state index contributed by atoms with van der Waals surface area (Å²) in [6.45, 7) is 9.20. The quantitative estimate of drug-likeness (QED) is 0.686. The van der Waals surface area contributed by atoms with Crippen molar-refractivity contribution in [3.63, 3.8) is 0 Å². The van der Waals surface area contributed by atoms with Gasteiger partial charge in [0, 0.05) is 48.6 Å². The average molecular weight is 409 g/mol. The zero-order chi connectivity index (χ0) is 20.4. The Labute approximate surface area is 176 Å². The Morgan fingerprint density at radius 1 is 1.21 bits per heavy atom. The molecule has 0 spiro atoms. The molecular weight excluding hydrogens is 380 g/mol. The molecule has 3 heterocycles. The third-order valence-electron chi connectivity index (χ3n) is 5.86. The van der Waals surface area contributed by atoms with Crippen LogP contribution in [0.5, 0.6) is 0 Å². The molecule has 4 rings (SSSR count). The molecule has 0 saturated carbocycles. The van der Waals surface area contributed by atoms with Crippen LogP contribution in [0.15, 0.2) is 41.9 Å². The van der Waals surface area contributed by atoms with E-state index < -0.39 is 0 Å². The Morgan fingerprint density at radius 3 is 2.66 bits per heavy atom. The molecule has 0 unspecified atom stereocenters. The highest BCUT2D eigenvalue weighted by atomic mass is 32.1. The van der Waals surface area contributed by atoms with Gasteiger partial charge >= 0.3 is 0 Å². The van der Waals surface area contributed by atoms with Crippen LogP contribution in [0.4, 0.5) is 0 Å². The molecule has 29 heavy (non-hydrogen) atoms. The van der Waals surface area contributed by atoms with Crippen LogP contribution in [-0.2, 0) is 6.54 Å². The van der Waals surface area contributed by atoms with Gasteiger partial charge in [-0.05, 0) is 50.8 Å². The fourth-order valence-corrected chi connectivity index (χ4v) is 4.89. The Kier molecular flexibility index (Phi) is 5.83. The van der Waals surface area contributed by atoms with Gasteiger partial charge in [-0.2, -0.15) is 0 Å². The fourth-order valence-electron chi connectivity index (χ4n) is 4.14. The molecule has 1 aromatic carbocycles. The number of nitrogens with zero attached hydrogens (tertiary/aromatic N) is 3. The molecule has 152 valence electrons. The maximum Gasteiger partial charge on any atom is 0.253 e. The molecule has 6 heteroatoms. The molecule has 1 aliphatic heterocycles. The third kappa shape index (κ3) is 4.28. The van der Waals surface area contributed by atoms with Crippen molar-refractivity contribution in [2.45, 2.75) is 46.2 Å². The first-order valence-electron chi connectivity index (χ1n) is 10.2. The predicted octanol–water partition coefficient (Wildman–Crippen LogP) is 4.25. The maximum atomic E-state index is 12.9. The van der Waals surface area contributed by atoms with Crippen LogP contribution < -0.4 is 5.32 Å². The maximum absolute atomic E-state index is 12.9. The van der Waals surface area contributed by atoms with Crippen LogP contribution in [0.1, 0.15) is 45.7 Å². The minimum atomic E-state index is 0.0262. The summed E-state index contributed by atoms with van der Waals surface area (Å²) in [4.78, 5) is 19.8. The molecule has 0 atom stereocenters. The predicted molar refractivity (Wildman–Crippen MR) is 118 cm³/mol. The summed E-state index contributed by atoms with van der Waals surface area (Å²) in [5.41, 5.74) is 5.48. The van der Waals surface area contributed by atoms with Gasteiger partial charge in [-0.15, -0.1) is 11.3 Å². The van der Waals surface area contributed by atoms with E-state index in [1.54, 1.807) is 17.5 Å². The number of benzene rings is 1. The number of nitrogens with one attached hydrogen (secondary N) is 1. The lowest BCUT2D eigenvalue weighted by Crippen LogP contribution is -2.44. The first-order chi connectivity index (χ1) is 14.0. The largest absolute Gasteiger partial charge is 0.349 e. The molecule has 0 radical (unpaired) electrons. The van der Waals surface area contributed by atoms with Crippen molar-refractivity contribution in [3.8, 4) is 5.13 Å². The normalized spacial score (nSPS) is 15.6. The average Bonchev–Trinajstić information content (AvgIpc) is 3.33. The Bertz CT molecular complexity index is 984. The molecule has 1 fully saturated rings. The van der Waals surface area contributed by atoms with Crippen molar-refractivity contribution in [1.29, 1.82) is 0 Å². The summed E-state index contributed by atoms with van der Waals surface area (Å²) < 4.78 is 2.06. The number of rotatable bonds is 5.